The standard InChI is InChI=1S/C19H29N3O4.2ClH/c1-24-17-9-14-3-6-22(12-15(14)10-18(17)25-2)7-4-21-19(23)11-16-13-26-8-5-20-16;;/h9-10,16,20H,3-8,11-13H2,1-2H3,(H,21,23);2*1H. The topological polar surface area (TPSA) is 72.1 Å². The Kier molecular flexibility index (Phi) is 10.9. The third kappa shape index (κ3) is 6.67. The van der Waals surface area contributed by atoms with Crippen LogP contribution in [0.3, 0.4) is 0 Å². The molecule has 0 radical (unpaired) electrons. The fourth-order valence-corrected chi connectivity index (χ4v) is 3.53. The molecule has 1 aromatic carbocycles. The van der Waals surface area contributed by atoms with Crippen molar-refractivity contribution in [2.45, 2.75) is 25.4 Å². The first kappa shape index (κ1) is 24.8. The highest BCUT2D eigenvalue weighted by Crippen LogP contribution is 2.33. The summed E-state index contributed by atoms with van der Waals surface area (Å²) in [6.45, 7) is 5.51. The van der Waals surface area contributed by atoms with Gasteiger partial charge in [0, 0.05) is 45.2 Å². The molecule has 0 bridgehead atoms. The van der Waals surface area contributed by atoms with Crippen molar-refractivity contribution < 1.29 is 19.0 Å². The second-order valence-electron chi connectivity index (χ2n) is 6.78. The molecule has 0 aromatic heterocycles. The van der Waals surface area contributed by atoms with E-state index < -0.39 is 0 Å². The number of benzene rings is 1. The molecule has 1 unspecified atom stereocenters. The zero-order valence-electron chi connectivity index (χ0n) is 16.5. The molecule has 0 saturated carbocycles. The number of carbonyl (C=O) groups excluding carboxylic acids is 1. The fourth-order valence-electron chi connectivity index (χ4n) is 3.53. The van der Waals surface area contributed by atoms with Crippen molar-refractivity contribution >= 4 is 30.7 Å². The summed E-state index contributed by atoms with van der Waals surface area (Å²) in [5.41, 5.74) is 2.58. The zero-order chi connectivity index (χ0) is 18.4. The van der Waals surface area contributed by atoms with Crippen molar-refractivity contribution in [3.8, 4) is 11.5 Å². The summed E-state index contributed by atoms with van der Waals surface area (Å²) in [4.78, 5) is 14.4. The van der Waals surface area contributed by atoms with Crippen LogP contribution in [0.5, 0.6) is 11.5 Å². The molecule has 2 aliphatic rings. The van der Waals surface area contributed by atoms with Crippen molar-refractivity contribution in [3.05, 3.63) is 23.3 Å². The quantitative estimate of drug-likeness (QED) is 0.674. The first-order valence-electron chi connectivity index (χ1n) is 9.23. The molecule has 1 fully saturated rings. The van der Waals surface area contributed by atoms with Crippen LogP contribution in [-0.2, 0) is 22.5 Å². The summed E-state index contributed by atoms with van der Waals surface area (Å²) in [5.74, 6) is 1.63. The lowest BCUT2D eigenvalue weighted by Gasteiger charge is -2.29. The summed E-state index contributed by atoms with van der Waals surface area (Å²) >= 11 is 0. The van der Waals surface area contributed by atoms with Crippen molar-refractivity contribution in [2.24, 2.45) is 0 Å². The minimum absolute atomic E-state index is 0. The van der Waals surface area contributed by atoms with Crippen LogP contribution in [0.15, 0.2) is 12.1 Å². The van der Waals surface area contributed by atoms with E-state index in [0.29, 0.717) is 19.6 Å². The van der Waals surface area contributed by atoms with Gasteiger partial charge in [0.1, 0.15) is 0 Å². The third-order valence-electron chi connectivity index (χ3n) is 4.98. The highest BCUT2D eigenvalue weighted by molar-refractivity contribution is 5.85. The summed E-state index contributed by atoms with van der Waals surface area (Å²) in [5, 5.41) is 6.32. The van der Waals surface area contributed by atoms with Crippen LogP contribution < -0.4 is 20.1 Å². The van der Waals surface area contributed by atoms with Gasteiger partial charge in [0.15, 0.2) is 11.5 Å². The van der Waals surface area contributed by atoms with Gasteiger partial charge in [-0.2, -0.15) is 0 Å². The Morgan fingerprint density at radius 2 is 1.96 bits per heavy atom. The molecule has 160 valence electrons. The number of rotatable bonds is 7. The van der Waals surface area contributed by atoms with Crippen molar-refractivity contribution in [1.29, 1.82) is 0 Å². The average molecular weight is 436 g/mol. The summed E-state index contributed by atoms with van der Waals surface area (Å²) in [6, 6.07) is 4.27. The number of carbonyl (C=O) groups is 1. The van der Waals surface area contributed by atoms with Crippen molar-refractivity contribution in [2.75, 3.05) is 53.6 Å². The maximum Gasteiger partial charge on any atom is 0.221 e. The fraction of sp³-hybridized carbons (Fsp3) is 0.632. The highest BCUT2D eigenvalue weighted by atomic mass is 35.5. The Labute approximate surface area is 179 Å². The third-order valence-corrected chi connectivity index (χ3v) is 4.98. The summed E-state index contributed by atoms with van der Waals surface area (Å²) in [7, 11) is 3.32. The second kappa shape index (κ2) is 12.3. The molecule has 0 spiro atoms. The van der Waals surface area contributed by atoms with E-state index in [2.05, 4.69) is 27.7 Å². The maximum atomic E-state index is 12.0. The van der Waals surface area contributed by atoms with Gasteiger partial charge in [0.2, 0.25) is 5.91 Å². The Morgan fingerprint density at radius 1 is 1.25 bits per heavy atom. The van der Waals surface area contributed by atoms with Crippen molar-refractivity contribution in [3.63, 3.8) is 0 Å². The molecule has 7 nitrogen and oxygen atoms in total. The lowest BCUT2D eigenvalue weighted by Crippen LogP contribution is -2.45. The molecular formula is C19H31Cl2N3O4. The van der Waals surface area contributed by atoms with Gasteiger partial charge in [0.25, 0.3) is 0 Å². The molecule has 2 N–H and O–H groups in total. The Bertz CT molecular complexity index is 627. The number of amides is 1. The SMILES string of the molecule is COc1cc2c(cc1OC)CN(CCNC(=O)CC1COCCN1)CC2.Cl.Cl. The van der Waals surface area contributed by atoms with Gasteiger partial charge in [-0.15, -0.1) is 24.8 Å². The smallest absolute Gasteiger partial charge is 0.221 e. The predicted molar refractivity (Wildman–Crippen MR) is 113 cm³/mol. The Balaban J connectivity index is 0.00000196. The van der Waals surface area contributed by atoms with E-state index in [0.717, 1.165) is 50.7 Å². The molecule has 3 rings (SSSR count). The number of fused-ring (bicyclic) bond motifs is 1. The van der Waals surface area contributed by atoms with E-state index in [1.807, 2.05) is 0 Å². The van der Waals surface area contributed by atoms with Crippen LogP contribution >= 0.6 is 24.8 Å². The molecular weight excluding hydrogens is 405 g/mol. The number of morpholine rings is 1. The number of nitrogens with zero attached hydrogens (tertiary/aromatic N) is 1. The average Bonchev–Trinajstić information content (AvgIpc) is 2.67. The van der Waals surface area contributed by atoms with Crippen LogP contribution in [0.1, 0.15) is 17.5 Å². The van der Waals surface area contributed by atoms with Gasteiger partial charge in [-0.05, 0) is 29.7 Å². The van der Waals surface area contributed by atoms with E-state index >= 15 is 0 Å². The highest BCUT2D eigenvalue weighted by Gasteiger charge is 2.20. The number of hydrogen-bond acceptors (Lipinski definition) is 6. The molecule has 1 aromatic rings. The number of hydrogen-bond donors (Lipinski definition) is 2. The van der Waals surface area contributed by atoms with Crippen LogP contribution in [0, 0.1) is 0 Å². The molecule has 0 aliphatic carbocycles. The Morgan fingerprint density at radius 3 is 2.61 bits per heavy atom. The first-order chi connectivity index (χ1) is 12.7. The summed E-state index contributed by atoms with van der Waals surface area (Å²) in [6.07, 6.45) is 1.45. The lowest BCUT2D eigenvalue weighted by molar-refractivity contribution is -0.122. The van der Waals surface area contributed by atoms with Gasteiger partial charge >= 0.3 is 0 Å². The molecule has 2 heterocycles. The first-order valence-corrected chi connectivity index (χ1v) is 9.23. The molecule has 28 heavy (non-hydrogen) atoms. The van der Waals surface area contributed by atoms with Crippen LogP contribution in [0.25, 0.3) is 0 Å². The number of methoxy groups -OCH3 is 2. The molecule has 9 heteroatoms. The number of nitrogens with one attached hydrogen (secondary N) is 2. The van der Waals surface area contributed by atoms with E-state index in [-0.39, 0.29) is 36.8 Å². The minimum Gasteiger partial charge on any atom is -0.493 e. The van der Waals surface area contributed by atoms with Gasteiger partial charge < -0.3 is 24.8 Å². The van der Waals surface area contributed by atoms with E-state index in [9.17, 15) is 4.79 Å². The maximum absolute atomic E-state index is 12.0. The number of ether oxygens (including phenoxy) is 3. The van der Waals surface area contributed by atoms with Crippen LogP contribution in [0.2, 0.25) is 0 Å². The largest absolute Gasteiger partial charge is 0.493 e. The van der Waals surface area contributed by atoms with E-state index in [1.54, 1.807) is 14.2 Å². The van der Waals surface area contributed by atoms with E-state index in [4.69, 9.17) is 14.2 Å². The molecule has 2 aliphatic heterocycles. The normalized spacial score (nSPS) is 18.9. The van der Waals surface area contributed by atoms with Gasteiger partial charge in [0.05, 0.1) is 27.4 Å². The van der Waals surface area contributed by atoms with E-state index in [1.165, 1.54) is 11.1 Å². The second-order valence-corrected chi connectivity index (χ2v) is 6.78. The van der Waals surface area contributed by atoms with Crippen molar-refractivity contribution in [1.82, 2.24) is 15.5 Å². The molecule has 1 atom stereocenters. The van der Waals surface area contributed by atoms with Gasteiger partial charge in [-0.3, -0.25) is 9.69 Å². The monoisotopic (exact) mass is 435 g/mol. The van der Waals surface area contributed by atoms with Crippen LogP contribution in [-0.4, -0.2) is 70.5 Å². The number of halogens is 2. The van der Waals surface area contributed by atoms with Crippen LogP contribution in [0.4, 0.5) is 0 Å². The molecule has 1 saturated heterocycles. The van der Waals surface area contributed by atoms with Gasteiger partial charge in [-0.25, -0.2) is 0 Å². The lowest BCUT2D eigenvalue weighted by atomic mass is 9.99. The Hall–Kier alpha value is -1.25. The molecule has 1 amide bonds. The predicted octanol–water partition coefficient (Wildman–Crippen LogP) is 1.40. The summed E-state index contributed by atoms with van der Waals surface area (Å²) < 4.78 is 16.2. The minimum atomic E-state index is 0. The van der Waals surface area contributed by atoms with Gasteiger partial charge in [-0.1, -0.05) is 0 Å². The zero-order valence-corrected chi connectivity index (χ0v) is 18.1.